The first-order valence-electron chi connectivity index (χ1n) is 11.2. The highest BCUT2D eigenvalue weighted by atomic mass is 35.5. The van der Waals surface area contributed by atoms with Gasteiger partial charge in [-0.2, -0.15) is 0 Å². The van der Waals surface area contributed by atoms with Crippen molar-refractivity contribution in [3.63, 3.8) is 0 Å². The van der Waals surface area contributed by atoms with E-state index in [1.165, 1.54) is 18.1 Å². The molecule has 1 saturated carbocycles. The molecule has 3 N–H and O–H groups in total. The van der Waals surface area contributed by atoms with Crippen LogP contribution in [-0.4, -0.2) is 49.8 Å². The zero-order valence-corrected chi connectivity index (χ0v) is 20.3. The van der Waals surface area contributed by atoms with E-state index in [0.717, 1.165) is 41.7 Å². The van der Waals surface area contributed by atoms with E-state index in [0.29, 0.717) is 28.9 Å². The summed E-state index contributed by atoms with van der Waals surface area (Å²) in [5, 5.41) is 4.31. The number of piperidine rings is 1. The fourth-order valence-corrected chi connectivity index (χ4v) is 5.79. The number of anilines is 3. The lowest BCUT2D eigenvalue weighted by Gasteiger charge is -2.42. The van der Waals surface area contributed by atoms with E-state index in [9.17, 15) is 4.79 Å². The number of Topliss-reactive ketones (excluding diaryl/α,β-unsaturated/α-hetero) is 1. The molecule has 3 aromatic heterocycles. The van der Waals surface area contributed by atoms with Gasteiger partial charge in [-0.25, -0.2) is 24.9 Å². The van der Waals surface area contributed by atoms with Gasteiger partial charge in [0, 0.05) is 48.8 Å². The predicted octanol–water partition coefficient (Wildman–Crippen LogP) is 3.73. The highest BCUT2D eigenvalue weighted by Crippen LogP contribution is 2.46. The van der Waals surface area contributed by atoms with Crippen LogP contribution >= 0.6 is 23.4 Å². The Morgan fingerprint density at radius 3 is 2.62 bits per heavy atom. The molecule has 5 rings (SSSR count). The van der Waals surface area contributed by atoms with E-state index in [-0.39, 0.29) is 17.4 Å². The third kappa shape index (κ3) is 4.45. The number of pyridine rings is 1. The number of halogens is 1. The van der Waals surface area contributed by atoms with Crippen LogP contribution in [0.1, 0.15) is 26.2 Å². The number of nitrogens with two attached hydrogens (primary N) is 1. The van der Waals surface area contributed by atoms with Crippen molar-refractivity contribution in [3.8, 4) is 0 Å². The average molecular weight is 497 g/mol. The first-order valence-corrected chi connectivity index (χ1v) is 12.4. The molecule has 0 aromatic carbocycles. The Kier molecular flexibility index (Phi) is 6.37. The monoisotopic (exact) mass is 496 g/mol. The molecule has 3 aromatic rings. The van der Waals surface area contributed by atoms with Crippen LogP contribution < -0.4 is 16.0 Å². The van der Waals surface area contributed by atoms with Crippen LogP contribution in [-0.2, 0) is 4.79 Å². The van der Waals surface area contributed by atoms with Crippen LogP contribution in [0.3, 0.4) is 0 Å². The smallest absolute Gasteiger partial charge is 0.151 e. The molecule has 2 atom stereocenters. The average Bonchev–Trinajstić information content (AvgIpc) is 3.06. The zero-order chi connectivity index (χ0) is 23.7. The molecule has 0 radical (unpaired) electrons. The zero-order valence-electron chi connectivity index (χ0n) is 18.7. The lowest BCUT2D eigenvalue weighted by molar-refractivity contribution is -0.120. The molecule has 0 amide bonds. The van der Waals surface area contributed by atoms with Gasteiger partial charge in [0.1, 0.15) is 28.8 Å². The number of carbonyl (C=O) groups excluding carboxylic acids is 1. The normalized spacial score (nSPS) is 21.7. The van der Waals surface area contributed by atoms with Gasteiger partial charge in [0.25, 0.3) is 0 Å². The molecule has 1 aliphatic carbocycles. The molecular weight excluding hydrogens is 472 g/mol. The molecule has 1 aliphatic heterocycles. The number of carbonyl (C=O) groups is 1. The van der Waals surface area contributed by atoms with E-state index in [2.05, 4.69) is 35.1 Å². The van der Waals surface area contributed by atoms with Gasteiger partial charge in [0.15, 0.2) is 5.82 Å². The summed E-state index contributed by atoms with van der Waals surface area (Å²) in [6.07, 6.45) is 10.7. The first-order chi connectivity index (χ1) is 16.4. The van der Waals surface area contributed by atoms with Gasteiger partial charge in [-0.1, -0.05) is 30.3 Å². The van der Waals surface area contributed by atoms with Crippen LogP contribution in [0.25, 0.3) is 0 Å². The summed E-state index contributed by atoms with van der Waals surface area (Å²) in [4.78, 5) is 36.8. The summed E-state index contributed by atoms with van der Waals surface area (Å²) in [5.74, 6) is 2.20. The van der Waals surface area contributed by atoms with Gasteiger partial charge in [-0.3, -0.25) is 4.79 Å². The van der Waals surface area contributed by atoms with E-state index in [1.54, 1.807) is 30.9 Å². The molecular formula is C23H25ClN8OS. The second-order valence-corrected chi connectivity index (χ2v) is 10.3. The Morgan fingerprint density at radius 2 is 1.97 bits per heavy atom. The minimum absolute atomic E-state index is 0.0423. The standard InChI is InChI=1S/C23H25ClN8OS/c1-14-15(33)10-23(21(14)25)4-8-32(9-5-23)18-11-29-19(12-28-18)34-16-2-7-27-22(20(16)24)31-17-3-6-26-13-30-17/h2-3,6-7,11-14,21H,4-5,8-10,25H2,1H3,(H,26,27,30,31)/t14-,21+/m1/s1. The molecule has 4 heterocycles. The second kappa shape index (κ2) is 9.44. The number of rotatable bonds is 5. The Morgan fingerprint density at radius 1 is 1.15 bits per heavy atom. The summed E-state index contributed by atoms with van der Waals surface area (Å²) in [5.41, 5.74) is 6.36. The summed E-state index contributed by atoms with van der Waals surface area (Å²) >= 11 is 7.99. The van der Waals surface area contributed by atoms with Gasteiger partial charge in [0.05, 0.1) is 17.4 Å². The van der Waals surface area contributed by atoms with Gasteiger partial charge >= 0.3 is 0 Å². The molecule has 1 saturated heterocycles. The van der Waals surface area contributed by atoms with E-state index in [1.807, 2.05) is 13.0 Å². The number of nitrogens with zero attached hydrogens (tertiary/aromatic N) is 6. The Bertz CT molecular complexity index is 1170. The van der Waals surface area contributed by atoms with Gasteiger partial charge in [0.2, 0.25) is 0 Å². The molecule has 176 valence electrons. The van der Waals surface area contributed by atoms with Crippen molar-refractivity contribution < 1.29 is 4.79 Å². The van der Waals surface area contributed by atoms with Crippen LogP contribution in [0.5, 0.6) is 0 Å². The SMILES string of the molecule is C[C@@H]1C(=O)CC2(CCN(c3cnc(Sc4ccnc(Nc5ccncn5)c4Cl)cn3)CC2)[C@H]1N. The number of ketones is 1. The van der Waals surface area contributed by atoms with Crippen LogP contribution in [0.4, 0.5) is 17.5 Å². The number of hydrogen-bond donors (Lipinski definition) is 2. The van der Waals surface area contributed by atoms with Crippen molar-refractivity contribution in [1.82, 2.24) is 24.9 Å². The number of nitrogens with one attached hydrogen (secondary N) is 1. The van der Waals surface area contributed by atoms with Gasteiger partial charge in [-0.15, -0.1) is 0 Å². The Labute approximate surface area is 207 Å². The largest absolute Gasteiger partial charge is 0.355 e. The minimum Gasteiger partial charge on any atom is -0.355 e. The highest BCUT2D eigenvalue weighted by Gasteiger charge is 2.50. The summed E-state index contributed by atoms with van der Waals surface area (Å²) in [6, 6.07) is 3.53. The summed E-state index contributed by atoms with van der Waals surface area (Å²) < 4.78 is 0. The highest BCUT2D eigenvalue weighted by molar-refractivity contribution is 7.99. The summed E-state index contributed by atoms with van der Waals surface area (Å²) in [6.45, 7) is 3.60. The molecule has 2 fully saturated rings. The van der Waals surface area contributed by atoms with Crippen LogP contribution in [0.15, 0.2) is 53.2 Å². The Balaban J connectivity index is 1.23. The topological polar surface area (TPSA) is 123 Å². The molecule has 11 heteroatoms. The lowest BCUT2D eigenvalue weighted by atomic mass is 9.73. The third-order valence-corrected chi connectivity index (χ3v) is 8.35. The first kappa shape index (κ1) is 22.9. The van der Waals surface area contributed by atoms with Crippen molar-refractivity contribution >= 4 is 46.6 Å². The summed E-state index contributed by atoms with van der Waals surface area (Å²) in [7, 11) is 0. The molecule has 2 aliphatic rings. The quantitative estimate of drug-likeness (QED) is 0.539. The van der Waals surface area contributed by atoms with Gasteiger partial charge in [-0.05, 0) is 30.4 Å². The maximum atomic E-state index is 12.2. The van der Waals surface area contributed by atoms with Crippen LogP contribution in [0, 0.1) is 11.3 Å². The minimum atomic E-state index is -0.0637. The van der Waals surface area contributed by atoms with Crippen molar-refractivity contribution in [1.29, 1.82) is 0 Å². The lowest BCUT2D eigenvalue weighted by Crippen LogP contribution is -2.48. The number of aromatic nitrogens is 5. The third-order valence-electron chi connectivity index (χ3n) is 6.87. The maximum Gasteiger partial charge on any atom is 0.151 e. The Hall–Kier alpha value is -2.82. The maximum absolute atomic E-state index is 12.2. The van der Waals surface area contributed by atoms with Crippen molar-refractivity contribution in [2.45, 2.75) is 42.1 Å². The predicted molar refractivity (Wildman–Crippen MR) is 131 cm³/mol. The molecule has 0 unspecified atom stereocenters. The molecule has 9 nitrogen and oxygen atoms in total. The van der Waals surface area contributed by atoms with E-state index in [4.69, 9.17) is 17.3 Å². The van der Waals surface area contributed by atoms with Crippen LogP contribution in [0.2, 0.25) is 5.02 Å². The molecule has 0 bridgehead atoms. The fraction of sp³-hybridized carbons (Fsp3) is 0.391. The molecule has 34 heavy (non-hydrogen) atoms. The fourth-order valence-electron chi connectivity index (χ4n) is 4.76. The van der Waals surface area contributed by atoms with E-state index < -0.39 is 0 Å². The number of hydrogen-bond acceptors (Lipinski definition) is 10. The van der Waals surface area contributed by atoms with Crippen molar-refractivity contribution in [3.05, 3.63) is 48.3 Å². The van der Waals surface area contributed by atoms with Crippen molar-refractivity contribution in [2.24, 2.45) is 17.1 Å². The van der Waals surface area contributed by atoms with E-state index >= 15 is 0 Å². The molecule has 1 spiro atoms. The second-order valence-electron chi connectivity index (χ2n) is 8.81. The van der Waals surface area contributed by atoms with Crippen molar-refractivity contribution in [2.75, 3.05) is 23.3 Å². The van der Waals surface area contributed by atoms with Gasteiger partial charge < -0.3 is 16.0 Å².